The van der Waals surface area contributed by atoms with E-state index in [1.54, 1.807) is 6.20 Å². The molecule has 0 unspecified atom stereocenters. The number of nitrogens with one attached hydrogen (secondary N) is 1. The maximum Gasteiger partial charge on any atom is 0.269 e. The quantitative estimate of drug-likeness (QED) is 0.623. The molecule has 8 nitrogen and oxygen atoms in total. The van der Waals surface area contributed by atoms with Crippen molar-refractivity contribution in [2.75, 3.05) is 18.0 Å². The zero-order valence-corrected chi connectivity index (χ0v) is 14.3. The SMILES string of the molecule is O=[N+]([O-])c1ccc(S(=O)(=O)NCc2ccc(N3CCCC3)nc2)cc1. The number of rotatable bonds is 6. The summed E-state index contributed by atoms with van der Waals surface area (Å²) in [5, 5.41) is 10.6. The van der Waals surface area contributed by atoms with Gasteiger partial charge in [0.25, 0.3) is 5.69 Å². The molecule has 9 heteroatoms. The molecule has 0 radical (unpaired) electrons. The van der Waals surface area contributed by atoms with Gasteiger partial charge in [-0.2, -0.15) is 0 Å². The third-order valence-corrected chi connectivity index (χ3v) is 5.48. The van der Waals surface area contributed by atoms with Crippen molar-refractivity contribution in [2.24, 2.45) is 0 Å². The van der Waals surface area contributed by atoms with Crippen LogP contribution < -0.4 is 9.62 Å². The number of nitro groups is 1. The van der Waals surface area contributed by atoms with Crippen molar-refractivity contribution in [3.8, 4) is 0 Å². The minimum atomic E-state index is -3.74. The highest BCUT2D eigenvalue weighted by atomic mass is 32.2. The summed E-state index contributed by atoms with van der Waals surface area (Å²) in [6.45, 7) is 2.10. The van der Waals surface area contributed by atoms with Crippen molar-refractivity contribution >= 4 is 21.5 Å². The Labute approximate surface area is 145 Å². The number of aromatic nitrogens is 1. The number of hydrogen-bond acceptors (Lipinski definition) is 6. The molecule has 1 saturated heterocycles. The van der Waals surface area contributed by atoms with E-state index in [0.717, 1.165) is 24.5 Å². The molecule has 25 heavy (non-hydrogen) atoms. The molecular weight excluding hydrogens is 344 g/mol. The first kappa shape index (κ1) is 17.3. The standard InChI is InChI=1S/C16H18N4O4S/c21-20(22)14-4-6-15(7-5-14)25(23,24)18-12-13-3-8-16(17-11-13)19-9-1-2-10-19/h3-8,11,18H,1-2,9-10,12H2. The first-order chi connectivity index (χ1) is 12.0. The fourth-order valence-corrected chi connectivity index (χ4v) is 3.68. The number of benzene rings is 1. The molecule has 2 heterocycles. The molecule has 1 aliphatic rings. The zero-order valence-electron chi connectivity index (χ0n) is 13.5. The second-order valence-corrected chi connectivity index (χ2v) is 7.56. The van der Waals surface area contributed by atoms with Gasteiger partial charge in [-0.15, -0.1) is 0 Å². The Morgan fingerprint density at radius 1 is 1.12 bits per heavy atom. The highest BCUT2D eigenvalue weighted by Gasteiger charge is 2.16. The molecule has 1 aromatic heterocycles. The van der Waals surface area contributed by atoms with Crippen molar-refractivity contribution in [3.63, 3.8) is 0 Å². The number of nitro benzene ring substituents is 1. The van der Waals surface area contributed by atoms with E-state index in [0.29, 0.717) is 0 Å². The largest absolute Gasteiger partial charge is 0.357 e. The van der Waals surface area contributed by atoms with Crippen LogP contribution in [0.25, 0.3) is 0 Å². The Bertz CT molecular complexity index is 845. The monoisotopic (exact) mass is 362 g/mol. The van der Waals surface area contributed by atoms with E-state index in [-0.39, 0.29) is 17.1 Å². The predicted octanol–water partition coefficient (Wildman–Crippen LogP) is 2.07. The van der Waals surface area contributed by atoms with Gasteiger partial charge >= 0.3 is 0 Å². The van der Waals surface area contributed by atoms with E-state index in [9.17, 15) is 18.5 Å². The van der Waals surface area contributed by atoms with Crippen LogP contribution in [0.1, 0.15) is 18.4 Å². The lowest BCUT2D eigenvalue weighted by Crippen LogP contribution is -2.23. The Morgan fingerprint density at radius 3 is 2.36 bits per heavy atom. The number of pyridine rings is 1. The van der Waals surface area contributed by atoms with Crippen LogP contribution in [0.2, 0.25) is 0 Å². The number of non-ortho nitro benzene ring substituents is 1. The fraction of sp³-hybridized carbons (Fsp3) is 0.312. The van der Waals surface area contributed by atoms with E-state index >= 15 is 0 Å². The first-order valence-electron chi connectivity index (χ1n) is 7.90. The molecule has 132 valence electrons. The topological polar surface area (TPSA) is 105 Å². The van der Waals surface area contributed by atoms with E-state index in [1.165, 1.54) is 37.1 Å². The van der Waals surface area contributed by atoms with Crippen LogP contribution in [0.4, 0.5) is 11.5 Å². The van der Waals surface area contributed by atoms with Gasteiger partial charge in [-0.05, 0) is 36.6 Å². The first-order valence-corrected chi connectivity index (χ1v) is 9.38. The van der Waals surface area contributed by atoms with Crippen LogP contribution in [0, 0.1) is 10.1 Å². The molecule has 3 rings (SSSR count). The number of sulfonamides is 1. The van der Waals surface area contributed by atoms with E-state index < -0.39 is 14.9 Å². The van der Waals surface area contributed by atoms with E-state index in [2.05, 4.69) is 14.6 Å². The molecule has 0 saturated carbocycles. The van der Waals surface area contributed by atoms with Gasteiger partial charge in [0.1, 0.15) is 5.82 Å². The van der Waals surface area contributed by atoms with Gasteiger partial charge < -0.3 is 4.90 Å². The van der Waals surface area contributed by atoms with Crippen molar-refractivity contribution in [1.29, 1.82) is 0 Å². The smallest absolute Gasteiger partial charge is 0.269 e. The highest BCUT2D eigenvalue weighted by molar-refractivity contribution is 7.89. The lowest BCUT2D eigenvalue weighted by atomic mass is 10.3. The summed E-state index contributed by atoms with van der Waals surface area (Å²) in [4.78, 5) is 16.6. The molecule has 1 N–H and O–H groups in total. The summed E-state index contributed by atoms with van der Waals surface area (Å²) in [6.07, 6.45) is 3.99. The summed E-state index contributed by atoms with van der Waals surface area (Å²) in [6, 6.07) is 8.51. The van der Waals surface area contributed by atoms with Crippen molar-refractivity contribution < 1.29 is 13.3 Å². The molecule has 2 aromatic rings. The molecule has 1 aliphatic heterocycles. The molecule has 0 atom stereocenters. The summed E-state index contributed by atoms with van der Waals surface area (Å²) in [5.74, 6) is 0.902. The second-order valence-electron chi connectivity index (χ2n) is 5.79. The number of hydrogen-bond donors (Lipinski definition) is 1. The lowest BCUT2D eigenvalue weighted by Gasteiger charge is -2.16. The Kier molecular flexibility index (Phi) is 4.95. The van der Waals surface area contributed by atoms with Gasteiger partial charge in [-0.3, -0.25) is 10.1 Å². The average Bonchev–Trinajstić information content (AvgIpc) is 3.15. The normalized spacial score (nSPS) is 14.6. The highest BCUT2D eigenvalue weighted by Crippen LogP contribution is 2.18. The van der Waals surface area contributed by atoms with Crippen LogP contribution in [0.3, 0.4) is 0 Å². The number of nitrogens with zero attached hydrogens (tertiary/aromatic N) is 3. The summed E-state index contributed by atoms with van der Waals surface area (Å²) >= 11 is 0. The average molecular weight is 362 g/mol. The Morgan fingerprint density at radius 2 is 1.80 bits per heavy atom. The fourth-order valence-electron chi connectivity index (χ4n) is 2.66. The minimum Gasteiger partial charge on any atom is -0.357 e. The molecule has 0 bridgehead atoms. The van der Waals surface area contributed by atoms with E-state index in [1.807, 2.05) is 12.1 Å². The van der Waals surface area contributed by atoms with Gasteiger partial charge in [-0.1, -0.05) is 6.07 Å². The maximum absolute atomic E-state index is 12.3. The molecule has 1 fully saturated rings. The minimum absolute atomic E-state index is 0.0141. The third-order valence-electron chi connectivity index (χ3n) is 4.06. The molecular formula is C16H18N4O4S. The lowest BCUT2D eigenvalue weighted by molar-refractivity contribution is -0.384. The predicted molar refractivity (Wildman–Crippen MR) is 92.8 cm³/mol. The molecule has 1 aromatic carbocycles. The number of anilines is 1. The van der Waals surface area contributed by atoms with Gasteiger partial charge in [-0.25, -0.2) is 18.1 Å². The molecule has 0 amide bonds. The van der Waals surface area contributed by atoms with Crippen LogP contribution in [0.5, 0.6) is 0 Å². The van der Waals surface area contributed by atoms with Crippen molar-refractivity contribution in [2.45, 2.75) is 24.3 Å². The molecule has 0 spiro atoms. The van der Waals surface area contributed by atoms with Crippen molar-refractivity contribution in [3.05, 3.63) is 58.3 Å². The third kappa shape index (κ3) is 4.12. The van der Waals surface area contributed by atoms with Crippen LogP contribution in [-0.4, -0.2) is 31.4 Å². The van der Waals surface area contributed by atoms with Crippen LogP contribution >= 0.6 is 0 Å². The Hall–Kier alpha value is -2.52. The second kappa shape index (κ2) is 7.16. The Balaban J connectivity index is 1.64. The van der Waals surface area contributed by atoms with E-state index in [4.69, 9.17) is 0 Å². The van der Waals surface area contributed by atoms with Crippen LogP contribution in [0.15, 0.2) is 47.5 Å². The summed E-state index contributed by atoms with van der Waals surface area (Å²) in [5.41, 5.74) is 0.592. The van der Waals surface area contributed by atoms with Gasteiger partial charge in [0.15, 0.2) is 0 Å². The van der Waals surface area contributed by atoms with Gasteiger partial charge in [0.2, 0.25) is 10.0 Å². The van der Waals surface area contributed by atoms with Crippen LogP contribution in [-0.2, 0) is 16.6 Å². The maximum atomic E-state index is 12.3. The van der Waals surface area contributed by atoms with Gasteiger partial charge in [0, 0.05) is 38.0 Å². The van der Waals surface area contributed by atoms with Gasteiger partial charge in [0.05, 0.1) is 9.82 Å². The van der Waals surface area contributed by atoms with Crippen molar-refractivity contribution in [1.82, 2.24) is 9.71 Å². The summed E-state index contributed by atoms with van der Waals surface area (Å²) < 4.78 is 27.0. The zero-order chi connectivity index (χ0) is 17.9. The molecule has 0 aliphatic carbocycles. The summed E-state index contributed by atoms with van der Waals surface area (Å²) in [7, 11) is -3.74.